The predicted molar refractivity (Wildman–Crippen MR) is 78.1 cm³/mol. The molecule has 1 atom stereocenters. The number of esters is 1. The van der Waals surface area contributed by atoms with Crippen molar-refractivity contribution >= 4 is 46.9 Å². The molecule has 22 heavy (non-hydrogen) atoms. The molecular weight excluding hydrogens is 335 g/mol. The Kier molecular flexibility index (Phi) is 6.33. The lowest BCUT2D eigenvalue weighted by Gasteiger charge is -2.13. The van der Waals surface area contributed by atoms with Gasteiger partial charge in [0.15, 0.2) is 0 Å². The second kappa shape index (κ2) is 7.77. The minimum atomic E-state index is -1.89. The lowest BCUT2D eigenvalue weighted by Crippen LogP contribution is -2.47. The van der Waals surface area contributed by atoms with Crippen molar-refractivity contribution in [3.05, 3.63) is 33.8 Å². The van der Waals surface area contributed by atoms with E-state index in [1.165, 1.54) is 18.2 Å². The highest BCUT2D eigenvalue weighted by atomic mass is 35.5. The van der Waals surface area contributed by atoms with Crippen molar-refractivity contribution in [3.63, 3.8) is 0 Å². The van der Waals surface area contributed by atoms with Crippen LogP contribution in [0.3, 0.4) is 0 Å². The van der Waals surface area contributed by atoms with Crippen molar-refractivity contribution in [3.8, 4) is 0 Å². The maximum absolute atomic E-state index is 11.7. The SMILES string of the molecule is CC(=O)NC(=O)C(OC(=O)Cc1ccc(Cl)c(Cl)c1)C(N)=O. The van der Waals surface area contributed by atoms with Crippen LogP contribution < -0.4 is 11.1 Å². The first kappa shape index (κ1) is 17.9. The van der Waals surface area contributed by atoms with Gasteiger partial charge in [0, 0.05) is 6.92 Å². The lowest BCUT2D eigenvalue weighted by molar-refractivity contribution is -0.160. The number of halogens is 2. The van der Waals surface area contributed by atoms with E-state index in [2.05, 4.69) is 0 Å². The fourth-order valence-electron chi connectivity index (χ4n) is 1.47. The molecule has 7 nitrogen and oxygen atoms in total. The van der Waals surface area contributed by atoms with Gasteiger partial charge in [-0.1, -0.05) is 29.3 Å². The molecule has 1 unspecified atom stereocenters. The predicted octanol–water partition coefficient (Wildman–Crippen LogP) is 0.596. The van der Waals surface area contributed by atoms with Crippen LogP contribution in [-0.2, 0) is 30.3 Å². The number of nitrogens with two attached hydrogens (primary N) is 1. The van der Waals surface area contributed by atoms with Crippen LogP contribution in [-0.4, -0.2) is 29.8 Å². The van der Waals surface area contributed by atoms with E-state index in [-0.39, 0.29) is 11.4 Å². The molecule has 1 rings (SSSR count). The molecule has 9 heteroatoms. The Bertz CT molecular complexity index is 633. The summed E-state index contributed by atoms with van der Waals surface area (Å²) in [5.41, 5.74) is 5.44. The Balaban J connectivity index is 2.75. The maximum Gasteiger partial charge on any atom is 0.311 e. The van der Waals surface area contributed by atoms with E-state index < -0.39 is 29.8 Å². The van der Waals surface area contributed by atoms with Gasteiger partial charge < -0.3 is 10.5 Å². The van der Waals surface area contributed by atoms with Crippen LogP contribution >= 0.6 is 23.2 Å². The number of benzene rings is 1. The molecule has 0 bridgehead atoms. The van der Waals surface area contributed by atoms with Gasteiger partial charge in [-0.25, -0.2) is 0 Å². The van der Waals surface area contributed by atoms with E-state index in [4.69, 9.17) is 33.7 Å². The van der Waals surface area contributed by atoms with E-state index in [1.54, 1.807) is 0 Å². The minimum Gasteiger partial charge on any atom is -0.442 e. The Labute approximate surface area is 135 Å². The van der Waals surface area contributed by atoms with Crippen molar-refractivity contribution in [1.82, 2.24) is 5.32 Å². The summed E-state index contributed by atoms with van der Waals surface area (Å²) >= 11 is 11.5. The van der Waals surface area contributed by atoms with Crippen molar-refractivity contribution in [2.45, 2.75) is 19.4 Å². The van der Waals surface area contributed by atoms with E-state index in [0.29, 0.717) is 10.6 Å². The van der Waals surface area contributed by atoms with E-state index >= 15 is 0 Å². The van der Waals surface area contributed by atoms with Crippen LogP contribution in [0, 0.1) is 0 Å². The number of imide groups is 1. The minimum absolute atomic E-state index is 0.243. The highest BCUT2D eigenvalue weighted by Gasteiger charge is 2.29. The highest BCUT2D eigenvalue weighted by Crippen LogP contribution is 2.22. The largest absolute Gasteiger partial charge is 0.442 e. The molecule has 0 saturated heterocycles. The van der Waals surface area contributed by atoms with Gasteiger partial charge >= 0.3 is 5.97 Å². The molecule has 3 amide bonds. The molecule has 0 aliphatic heterocycles. The van der Waals surface area contributed by atoms with Gasteiger partial charge in [0.1, 0.15) is 0 Å². The van der Waals surface area contributed by atoms with Gasteiger partial charge in [0.2, 0.25) is 5.91 Å². The first-order chi connectivity index (χ1) is 10.2. The number of hydrogen-bond acceptors (Lipinski definition) is 5. The third-order valence-corrected chi connectivity index (χ3v) is 3.12. The van der Waals surface area contributed by atoms with Gasteiger partial charge in [0.25, 0.3) is 17.9 Å². The van der Waals surface area contributed by atoms with Gasteiger partial charge in [-0.2, -0.15) is 0 Å². The summed E-state index contributed by atoms with van der Waals surface area (Å²) in [5, 5.41) is 2.37. The average molecular weight is 347 g/mol. The Morgan fingerprint density at radius 2 is 1.86 bits per heavy atom. The normalized spacial score (nSPS) is 11.4. The molecule has 118 valence electrons. The van der Waals surface area contributed by atoms with Crippen LogP contribution in [0.15, 0.2) is 18.2 Å². The zero-order valence-electron chi connectivity index (χ0n) is 11.4. The van der Waals surface area contributed by atoms with Crippen LogP contribution in [0.4, 0.5) is 0 Å². The molecule has 0 saturated carbocycles. The Morgan fingerprint density at radius 3 is 2.36 bits per heavy atom. The van der Waals surface area contributed by atoms with E-state index in [9.17, 15) is 19.2 Å². The monoisotopic (exact) mass is 346 g/mol. The smallest absolute Gasteiger partial charge is 0.311 e. The highest BCUT2D eigenvalue weighted by molar-refractivity contribution is 6.42. The summed E-state index contributed by atoms with van der Waals surface area (Å²) in [6.07, 6.45) is -2.15. The number of carbonyl (C=O) groups is 4. The molecule has 3 N–H and O–H groups in total. The second-order valence-corrected chi connectivity index (χ2v) is 5.06. The van der Waals surface area contributed by atoms with E-state index in [1.807, 2.05) is 5.32 Å². The first-order valence-electron chi connectivity index (χ1n) is 5.95. The van der Waals surface area contributed by atoms with Crippen LogP contribution in [0.1, 0.15) is 12.5 Å². The molecule has 0 radical (unpaired) electrons. The average Bonchev–Trinajstić information content (AvgIpc) is 2.39. The fourth-order valence-corrected chi connectivity index (χ4v) is 1.79. The molecular formula is C13H12Cl2N2O5. The van der Waals surface area contributed by atoms with Crippen LogP contribution in [0.2, 0.25) is 10.0 Å². The maximum atomic E-state index is 11.7. The lowest BCUT2D eigenvalue weighted by atomic mass is 10.1. The van der Waals surface area contributed by atoms with Crippen LogP contribution in [0.5, 0.6) is 0 Å². The fraction of sp³-hybridized carbons (Fsp3) is 0.231. The number of nitrogens with one attached hydrogen (secondary N) is 1. The zero-order chi connectivity index (χ0) is 16.9. The Morgan fingerprint density at radius 1 is 1.23 bits per heavy atom. The number of rotatable bonds is 5. The summed E-state index contributed by atoms with van der Waals surface area (Å²) in [4.78, 5) is 45.2. The summed E-state index contributed by atoms with van der Waals surface area (Å²) in [6.45, 7) is 1.06. The standard InChI is InChI=1S/C13H12Cl2N2O5/c1-6(18)17-13(21)11(12(16)20)22-10(19)5-7-2-3-8(14)9(15)4-7/h2-4,11H,5H2,1H3,(H2,16,20)(H,17,18,21). The molecule has 0 aromatic heterocycles. The molecule has 1 aromatic carbocycles. The Hall–Kier alpha value is -2.12. The molecule has 0 fully saturated rings. The molecule has 0 heterocycles. The second-order valence-electron chi connectivity index (χ2n) is 4.24. The molecule has 1 aromatic rings. The topological polar surface area (TPSA) is 116 Å². The number of amides is 3. The third-order valence-electron chi connectivity index (χ3n) is 2.38. The van der Waals surface area contributed by atoms with Crippen molar-refractivity contribution in [2.75, 3.05) is 0 Å². The quantitative estimate of drug-likeness (QED) is 0.598. The van der Waals surface area contributed by atoms with Crippen LogP contribution in [0.25, 0.3) is 0 Å². The number of primary amides is 1. The first-order valence-corrected chi connectivity index (χ1v) is 6.70. The van der Waals surface area contributed by atoms with Gasteiger partial charge in [-0.05, 0) is 17.7 Å². The van der Waals surface area contributed by atoms with Gasteiger partial charge in [-0.15, -0.1) is 0 Å². The number of hydrogen-bond donors (Lipinski definition) is 2. The van der Waals surface area contributed by atoms with Crippen molar-refractivity contribution < 1.29 is 23.9 Å². The van der Waals surface area contributed by atoms with Crippen molar-refractivity contribution in [2.24, 2.45) is 5.73 Å². The summed E-state index contributed by atoms with van der Waals surface area (Å²) in [7, 11) is 0. The number of ether oxygens (including phenoxy) is 1. The molecule has 0 spiro atoms. The van der Waals surface area contributed by atoms with Gasteiger partial charge in [0.05, 0.1) is 16.5 Å². The van der Waals surface area contributed by atoms with Gasteiger partial charge in [-0.3, -0.25) is 24.5 Å². The zero-order valence-corrected chi connectivity index (χ0v) is 12.9. The van der Waals surface area contributed by atoms with Crippen molar-refractivity contribution in [1.29, 1.82) is 0 Å². The number of carbonyl (C=O) groups excluding carboxylic acids is 4. The summed E-state index contributed by atoms with van der Waals surface area (Å²) < 4.78 is 4.69. The summed E-state index contributed by atoms with van der Waals surface area (Å²) in [6, 6.07) is 4.46. The third kappa shape index (κ3) is 5.34. The molecule has 0 aliphatic carbocycles. The molecule has 0 aliphatic rings. The summed E-state index contributed by atoms with van der Waals surface area (Å²) in [5.74, 6) is -3.90. The van der Waals surface area contributed by atoms with E-state index in [0.717, 1.165) is 6.92 Å².